The molecule has 32 heavy (non-hydrogen) atoms. The van der Waals surface area contributed by atoms with Crippen LogP contribution in [0.2, 0.25) is 0 Å². The van der Waals surface area contributed by atoms with Gasteiger partial charge in [-0.3, -0.25) is 9.44 Å². The first kappa shape index (κ1) is 26.6. The Morgan fingerprint density at radius 1 is 0.500 bits per heavy atom. The summed E-state index contributed by atoms with van der Waals surface area (Å²) in [6, 6.07) is 12.1. The predicted octanol–water partition coefficient (Wildman–Crippen LogP) is 7.86. The number of sulfonamides is 2. The first-order valence-electron chi connectivity index (χ1n) is 8.27. The van der Waals surface area contributed by atoms with E-state index in [9.17, 15) is 16.8 Å². The van der Waals surface area contributed by atoms with Gasteiger partial charge in [-0.25, -0.2) is 16.8 Å². The van der Waals surface area contributed by atoms with Crippen LogP contribution in [0.25, 0.3) is 0 Å². The molecule has 3 aromatic rings. The molecule has 0 saturated carbocycles. The van der Waals surface area contributed by atoms with Gasteiger partial charge in [0.1, 0.15) is 9.79 Å². The zero-order valence-corrected chi connectivity index (χ0v) is 26.5. The van der Waals surface area contributed by atoms with Crippen molar-refractivity contribution in [2.75, 3.05) is 9.44 Å². The molecule has 0 bridgehead atoms. The number of rotatable bonds is 6. The van der Waals surface area contributed by atoms with E-state index in [1.807, 2.05) is 0 Å². The molecule has 14 heteroatoms. The molecule has 3 rings (SSSR count). The number of hydrogen-bond acceptors (Lipinski definition) is 4. The lowest BCUT2D eigenvalue weighted by atomic mass is 10.3. The van der Waals surface area contributed by atoms with Gasteiger partial charge in [0.2, 0.25) is 0 Å². The third kappa shape index (κ3) is 5.64. The summed E-state index contributed by atoms with van der Waals surface area (Å²) in [5.41, 5.74) is 0.128. The maximum atomic E-state index is 13.0. The molecule has 0 atom stereocenters. The van der Waals surface area contributed by atoms with Gasteiger partial charge in [0.25, 0.3) is 20.0 Å². The summed E-state index contributed by atoms with van der Waals surface area (Å²) in [5, 5.41) is 0. The predicted molar refractivity (Wildman–Crippen MR) is 147 cm³/mol. The normalized spacial score (nSPS) is 11.9. The van der Waals surface area contributed by atoms with E-state index in [2.05, 4.69) is 105 Å². The van der Waals surface area contributed by atoms with E-state index in [1.54, 1.807) is 24.3 Å². The molecule has 0 heterocycles. The fourth-order valence-corrected chi connectivity index (χ4v) is 8.93. The molecule has 0 fully saturated rings. The number of anilines is 2. The number of benzene rings is 3. The maximum absolute atomic E-state index is 13.0. The Balaban J connectivity index is 2.00. The Morgan fingerprint density at radius 2 is 0.844 bits per heavy atom. The van der Waals surface area contributed by atoms with Gasteiger partial charge in [0, 0.05) is 17.9 Å². The molecule has 0 spiro atoms. The molecule has 6 nitrogen and oxygen atoms in total. The van der Waals surface area contributed by atoms with Gasteiger partial charge in [-0.05, 0) is 132 Å². The molecule has 0 aromatic heterocycles. The van der Waals surface area contributed by atoms with Gasteiger partial charge in [-0.2, -0.15) is 0 Å². The monoisotopic (exact) mass is 856 g/mol. The zero-order valence-electron chi connectivity index (χ0n) is 15.3. The van der Waals surface area contributed by atoms with Crippen molar-refractivity contribution in [3.63, 3.8) is 0 Å². The highest BCUT2D eigenvalue weighted by Gasteiger charge is 2.25. The zero-order chi connectivity index (χ0) is 23.8. The van der Waals surface area contributed by atoms with Gasteiger partial charge in [0.15, 0.2) is 0 Å². The lowest BCUT2D eigenvalue weighted by Gasteiger charge is -2.16. The number of para-hydroxylation sites is 2. The van der Waals surface area contributed by atoms with E-state index < -0.39 is 20.0 Å². The largest absolute Gasteiger partial charge is 0.277 e. The average Bonchev–Trinajstić information content (AvgIpc) is 2.71. The summed E-state index contributed by atoms with van der Waals surface area (Å²) in [4.78, 5) is -0.0466. The van der Waals surface area contributed by atoms with E-state index in [0.717, 1.165) is 0 Å². The fourth-order valence-electron chi connectivity index (χ4n) is 2.49. The molecule has 0 unspecified atom stereocenters. The van der Waals surface area contributed by atoms with Gasteiger partial charge in [0.05, 0.1) is 20.3 Å². The minimum atomic E-state index is -4.05. The molecule has 0 aliphatic heterocycles. The number of halogens is 6. The first-order chi connectivity index (χ1) is 14.8. The molecule has 0 aliphatic carbocycles. The Labute approximate surface area is 235 Å². The highest BCUT2D eigenvalue weighted by Crippen LogP contribution is 2.38. The molecule has 0 radical (unpaired) electrons. The Hall–Kier alpha value is 0.0400. The minimum absolute atomic E-state index is 0.0233. The maximum Gasteiger partial charge on any atom is 0.263 e. The standard InChI is InChI=1S/C18H10Br6N2O4S2/c19-9-5-7-13(17(23)15(9)21)31(27,28)25-11-3-1-2-4-12(11)26-32(29,30)14-8-6-10(20)16(22)18(14)24/h1-8,25-26H. The Kier molecular flexibility index (Phi) is 8.61. The van der Waals surface area contributed by atoms with Crippen LogP contribution in [0.15, 0.2) is 85.2 Å². The van der Waals surface area contributed by atoms with E-state index in [4.69, 9.17) is 0 Å². The van der Waals surface area contributed by atoms with Crippen LogP contribution in [0.1, 0.15) is 0 Å². The lowest BCUT2D eigenvalue weighted by molar-refractivity contribution is 0.598. The molecule has 0 aliphatic rings. The summed E-state index contributed by atoms with van der Waals surface area (Å²) in [7, 11) is -8.10. The third-order valence-electron chi connectivity index (χ3n) is 3.99. The van der Waals surface area contributed by atoms with Crippen LogP contribution in [0.3, 0.4) is 0 Å². The van der Waals surface area contributed by atoms with E-state index in [1.165, 1.54) is 24.3 Å². The summed E-state index contributed by atoms with van der Waals surface area (Å²) >= 11 is 19.8. The van der Waals surface area contributed by atoms with Crippen LogP contribution in [0, 0.1) is 0 Å². The second-order valence-electron chi connectivity index (χ2n) is 6.10. The Bertz CT molecular complexity index is 1320. The van der Waals surface area contributed by atoms with E-state index in [-0.39, 0.29) is 21.2 Å². The van der Waals surface area contributed by atoms with Crippen molar-refractivity contribution in [1.82, 2.24) is 0 Å². The van der Waals surface area contributed by atoms with Crippen molar-refractivity contribution in [1.29, 1.82) is 0 Å². The van der Waals surface area contributed by atoms with Gasteiger partial charge in [-0.1, -0.05) is 12.1 Å². The molecular formula is C18H10Br6N2O4S2. The highest BCUT2D eigenvalue weighted by molar-refractivity contribution is 9.15. The summed E-state index contributed by atoms with van der Waals surface area (Å²) in [6.07, 6.45) is 0. The molecule has 2 N–H and O–H groups in total. The second kappa shape index (κ2) is 10.3. The molecule has 3 aromatic carbocycles. The fraction of sp³-hybridized carbons (Fsp3) is 0. The SMILES string of the molecule is O=S(=O)(Nc1ccccc1NS(=O)(=O)c1ccc(Br)c(Br)c1Br)c1ccc(Br)c(Br)c1Br. The van der Waals surface area contributed by atoms with Crippen molar-refractivity contribution < 1.29 is 16.8 Å². The van der Waals surface area contributed by atoms with Crippen LogP contribution in [0.5, 0.6) is 0 Å². The van der Waals surface area contributed by atoms with Crippen molar-refractivity contribution in [2.24, 2.45) is 0 Å². The van der Waals surface area contributed by atoms with Crippen LogP contribution in [-0.4, -0.2) is 16.8 Å². The third-order valence-corrected chi connectivity index (χ3v) is 14.1. The Morgan fingerprint density at radius 3 is 1.19 bits per heavy atom. The molecule has 0 saturated heterocycles. The van der Waals surface area contributed by atoms with Gasteiger partial charge in [-0.15, -0.1) is 0 Å². The number of hydrogen-bond donors (Lipinski definition) is 2. The first-order valence-corrected chi connectivity index (χ1v) is 16.0. The summed E-state index contributed by atoms with van der Waals surface area (Å²) in [6.45, 7) is 0. The van der Waals surface area contributed by atoms with Crippen molar-refractivity contribution in [3.8, 4) is 0 Å². The highest BCUT2D eigenvalue weighted by atomic mass is 79.9. The lowest BCUT2D eigenvalue weighted by Crippen LogP contribution is -2.18. The topological polar surface area (TPSA) is 92.3 Å². The average molecular weight is 862 g/mol. The van der Waals surface area contributed by atoms with Crippen LogP contribution < -0.4 is 9.44 Å². The van der Waals surface area contributed by atoms with E-state index in [0.29, 0.717) is 26.8 Å². The van der Waals surface area contributed by atoms with E-state index >= 15 is 0 Å². The van der Waals surface area contributed by atoms with Crippen LogP contribution in [0.4, 0.5) is 11.4 Å². The minimum Gasteiger partial charge on any atom is -0.277 e. The summed E-state index contributed by atoms with van der Waals surface area (Å²) < 4.78 is 60.1. The molecule has 170 valence electrons. The van der Waals surface area contributed by atoms with Crippen molar-refractivity contribution >= 4 is 127 Å². The molecule has 0 amide bonds. The van der Waals surface area contributed by atoms with Crippen molar-refractivity contribution in [3.05, 3.63) is 75.4 Å². The second-order valence-corrected chi connectivity index (χ2v) is 14.3. The quantitative estimate of drug-likeness (QED) is 0.247. The smallest absolute Gasteiger partial charge is 0.263 e. The van der Waals surface area contributed by atoms with Crippen molar-refractivity contribution in [2.45, 2.75) is 9.79 Å². The van der Waals surface area contributed by atoms with Gasteiger partial charge >= 0.3 is 0 Å². The van der Waals surface area contributed by atoms with Gasteiger partial charge < -0.3 is 0 Å². The number of nitrogens with one attached hydrogen (secondary N) is 2. The van der Waals surface area contributed by atoms with Crippen LogP contribution >= 0.6 is 95.6 Å². The van der Waals surface area contributed by atoms with Crippen LogP contribution in [-0.2, 0) is 20.0 Å². The molecular weight excluding hydrogens is 852 g/mol. The summed E-state index contributed by atoms with van der Waals surface area (Å²) in [5.74, 6) is 0.